The second kappa shape index (κ2) is 3.88. The number of ether oxygens (including phenoxy) is 1. The maximum absolute atomic E-state index is 12.8. The highest BCUT2D eigenvalue weighted by molar-refractivity contribution is 5.75. The van der Waals surface area contributed by atoms with Gasteiger partial charge in [-0.15, -0.1) is 0 Å². The molecule has 1 aliphatic rings. The van der Waals surface area contributed by atoms with Crippen molar-refractivity contribution in [3.8, 4) is 0 Å². The minimum absolute atomic E-state index is 0.0794. The van der Waals surface area contributed by atoms with Gasteiger partial charge in [-0.05, 0) is 6.42 Å². The predicted molar refractivity (Wildman–Crippen MR) is 48.5 cm³/mol. The van der Waals surface area contributed by atoms with Crippen LogP contribution in [-0.4, -0.2) is 43.8 Å². The van der Waals surface area contributed by atoms with Crippen molar-refractivity contribution < 1.29 is 17.9 Å². The fourth-order valence-electron chi connectivity index (χ4n) is 1.79. The number of likely N-dealkylation sites (tertiary alicyclic amines) is 1. The van der Waals surface area contributed by atoms with Crippen LogP contribution in [0.25, 0.3) is 0 Å². The molecule has 1 saturated heterocycles. The van der Waals surface area contributed by atoms with Crippen LogP contribution in [0.3, 0.4) is 0 Å². The molecule has 0 aromatic heterocycles. The van der Waals surface area contributed by atoms with Crippen LogP contribution in [0.4, 0.5) is 13.2 Å². The van der Waals surface area contributed by atoms with E-state index in [2.05, 4.69) is 4.74 Å². The van der Waals surface area contributed by atoms with Crippen molar-refractivity contribution in [2.45, 2.75) is 12.6 Å². The molecule has 0 aromatic carbocycles. The van der Waals surface area contributed by atoms with Gasteiger partial charge >= 0.3 is 6.18 Å². The lowest BCUT2D eigenvalue weighted by Gasteiger charge is -2.30. The second-order valence-electron chi connectivity index (χ2n) is 3.77. The molecule has 0 amide bonds. The van der Waals surface area contributed by atoms with Gasteiger partial charge in [0, 0.05) is 20.2 Å². The fourth-order valence-corrected chi connectivity index (χ4v) is 1.79. The Bertz CT molecular complexity index is 256. The van der Waals surface area contributed by atoms with Crippen LogP contribution in [0.5, 0.6) is 0 Å². The van der Waals surface area contributed by atoms with Crippen LogP contribution in [0.15, 0.2) is 0 Å². The Morgan fingerprint density at radius 1 is 1.60 bits per heavy atom. The van der Waals surface area contributed by atoms with E-state index in [1.807, 2.05) is 0 Å². The van der Waals surface area contributed by atoms with Gasteiger partial charge in [-0.2, -0.15) is 13.2 Å². The molecule has 0 spiro atoms. The summed E-state index contributed by atoms with van der Waals surface area (Å²) in [5.41, 5.74) is 3.28. The lowest BCUT2D eigenvalue weighted by molar-refractivity contribution is -0.232. The van der Waals surface area contributed by atoms with E-state index in [0.717, 1.165) is 0 Å². The highest BCUT2D eigenvalue weighted by Crippen LogP contribution is 2.45. The van der Waals surface area contributed by atoms with Gasteiger partial charge in [0.2, 0.25) is 0 Å². The summed E-state index contributed by atoms with van der Waals surface area (Å²) >= 11 is 0. The lowest BCUT2D eigenvalue weighted by Crippen LogP contribution is -2.46. The molecule has 0 aromatic rings. The van der Waals surface area contributed by atoms with Gasteiger partial charge in [0.1, 0.15) is 5.41 Å². The van der Waals surface area contributed by atoms with E-state index >= 15 is 0 Å². The van der Waals surface area contributed by atoms with Crippen molar-refractivity contribution in [1.29, 1.82) is 5.41 Å². The zero-order valence-electron chi connectivity index (χ0n) is 8.40. The number of nitrogens with one attached hydrogen (secondary N) is 1. The third-order valence-corrected chi connectivity index (χ3v) is 2.72. The van der Waals surface area contributed by atoms with E-state index in [1.54, 1.807) is 0 Å². The number of guanidine groups is 1. The summed E-state index contributed by atoms with van der Waals surface area (Å²) in [7, 11) is 1.24. The molecule has 88 valence electrons. The van der Waals surface area contributed by atoms with Crippen molar-refractivity contribution in [3.63, 3.8) is 0 Å². The molecule has 1 fully saturated rings. The van der Waals surface area contributed by atoms with E-state index in [0.29, 0.717) is 0 Å². The molecule has 1 aliphatic heterocycles. The lowest BCUT2D eigenvalue weighted by atomic mass is 9.87. The summed E-state index contributed by atoms with van der Waals surface area (Å²) in [4.78, 5) is 1.21. The van der Waals surface area contributed by atoms with Crippen molar-refractivity contribution in [2.75, 3.05) is 26.8 Å². The van der Waals surface area contributed by atoms with Crippen LogP contribution in [-0.2, 0) is 4.74 Å². The molecule has 1 atom stereocenters. The molecule has 7 heteroatoms. The van der Waals surface area contributed by atoms with Crippen LogP contribution < -0.4 is 5.73 Å². The van der Waals surface area contributed by atoms with E-state index < -0.39 is 11.6 Å². The number of hydrogen-bond acceptors (Lipinski definition) is 2. The predicted octanol–water partition coefficient (Wildman–Crippen LogP) is 0.781. The highest BCUT2D eigenvalue weighted by atomic mass is 19.4. The maximum Gasteiger partial charge on any atom is 0.398 e. The summed E-state index contributed by atoms with van der Waals surface area (Å²) < 4.78 is 43.1. The Kier molecular flexibility index (Phi) is 3.13. The average Bonchev–Trinajstić information content (AvgIpc) is 2.49. The minimum Gasteiger partial charge on any atom is -0.384 e. The monoisotopic (exact) mass is 225 g/mol. The summed E-state index contributed by atoms with van der Waals surface area (Å²) in [5, 5.41) is 7.10. The van der Waals surface area contributed by atoms with Crippen LogP contribution in [0.2, 0.25) is 0 Å². The first-order chi connectivity index (χ1) is 6.82. The molecule has 15 heavy (non-hydrogen) atoms. The van der Waals surface area contributed by atoms with Crippen LogP contribution >= 0.6 is 0 Å². The molecule has 0 bridgehead atoms. The number of hydrogen-bond donors (Lipinski definition) is 2. The molecule has 4 nitrogen and oxygen atoms in total. The minimum atomic E-state index is -4.33. The normalized spacial score (nSPS) is 27.1. The zero-order chi connectivity index (χ0) is 11.7. The Morgan fingerprint density at radius 3 is 2.53 bits per heavy atom. The van der Waals surface area contributed by atoms with E-state index in [9.17, 15) is 13.2 Å². The number of rotatable bonds is 2. The standard InChI is InChI=1S/C8H14F3N3O/c1-15-5-7(8(9,10)11)2-3-14(4-7)6(12)13/h2-5H2,1H3,(H3,12,13). The Hall–Kier alpha value is -0.980. The van der Waals surface area contributed by atoms with Crippen LogP contribution in [0, 0.1) is 10.8 Å². The summed E-state index contributed by atoms with van der Waals surface area (Å²) in [6, 6.07) is 0. The molecular formula is C8H14F3N3O. The topological polar surface area (TPSA) is 62.3 Å². The first-order valence-electron chi connectivity index (χ1n) is 4.47. The smallest absolute Gasteiger partial charge is 0.384 e. The molecule has 1 rings (SSSR count). The third kappa shape index (κ3) is 2.17. The quantitative estimate of drug-likeness (QED) is 0.539. The summed E-state index contributed by atoms with van der Waals surface area (Å²) in [5.74, 6) is -0.322. The fraction of sp³-hybridized carbons (Fsp3) is 0.875. The second-order valence-corrected chi connectivity index (χ2v) is 3.77. The Labute approximate surface area is 85.7 Å². The number of methoxy groups -OCH3 is 1. The van der Waals surface area contributed by atoms with Gasteiger partial charge < -0.3 is 15.4 Å². The van der Waals surface area contributed by atoms with Crippen molar-refractivity contribution in [2.24, 2.45) is 11.1 Å². The summed E-state index contributed by atoms with van der Waals surface area (Å²) in [6.45, 7) is -0.530. The number of nitrogens with two attached hydrogens (primary N) is 1. The maximum atomic E-state index is 12.8. The SMILES string of the molecule is COCC1(C(F)(F)F)CCN(C(=N)N)C1. The molecular weight excluding hydrogens is 211 g/mol. The van der Waals surface area contributed by atoms with Gasteiger partial charge in [-0.1, -0.05) is 0 Å². The van der Waals surface area contributed by atoms with E-state index in [4.69, 9.17) is 11.1 Å². The molecule has 1 heterocycles. The van der Waals surface area contributed by atoms with Gasteiger partial charge in [0.25, 0.3) is 0 Å². The zero-order valence-corrected chi connectivity index (χ0v) is 8.40. The van der Waals surface area contributed by atoms with Crippen LogP contribution in [0.1, 0.15) is 6.42 Å². The van der Waals surface area contributed by atoms with E-state index in [1.165, 1.54) is 12.0 Å². The van der Waals surface area contributed by atoms with Crippen molar-refractivity contribution >= 4 is 5.96 Å². The first kappa shape index (κ1) is 12.1. The van der Waals surface area contributed by atoms with E-state index in [-0.39, 0.29) is 32.1 Å². The highest BCUT2D eigenvalue weighted by Gasteiger charge is 2.58. The Balaban J connectivity index is 2.83. The molecule has 0 radical (unpaired) electrons. The number of halogens is 3. The Morgan fingerprint density at radius 2 is 2.20 bits per heavy atom. The van der Waals surface area contributed by atoms with Crippen molar-refractivity contribution in [1.82, 2.24) is 4.90 Å². The van der Waals surface area contributed by atoms with Crippen molar-refractivity contribution in [3.05, 3.63) is 0 Å². The third-order valence-electron chi connectivity index (χ3n) is 2.72. The largest absolute Gasteiger partial charge is 0.398 e. The first-order valence-corrected chi connectivity index (χ1v) is 4.47. The molecule has 1 unspecified atom stereocenters. The number of alkyl halides is 3. The molecule has 0 aliphatic carbocycles. The van der Waals surface area contributed by atoms with Gasteiger partial charge in [0.15, 0.2) is 5.96 Å². The average molecular weight is 225 g/mol. The van der Waals surface area contributed by atoms with Gasteiger partial charge in [0.05, 0.1) is 6.61 Å². The van der Waals surface area contributed by atoms with Gasteiger partial charge in [-0.25, -0.2) is 0 Å². The molecule has 0 saturated carbocycles. The summed E-state index contributed by atoms with van der Waals surface area (Å²) in [6.07, 6.45) is -4.41. The number of nitrogens with zero attached hydrogens (tertiary/aromatic N) is 1. The van der Waals surface area contributed by atoms with Gasteiger partial charge in [-0.3, -0.25) is 5.41 Å². The molecule has 3 N–H and O–H groups in total.